The van der Waals surface area contributed by atoms with Crippen LogP contribution in [0.1, 0.15) is 20.8 Å². The van der Waals surface area contributed by atoms with Crippen LogP contribution in [0.3, 0.4) is 0 Å². The van der Waals surface area contributed by atoms with Gasteiger partial charge in [-0.15, -0.1) is 0 Å². The van der Waals surface area contributed by atoms with E-state index in [0.29, 0.717) is 12.5 Å². The highest BCUT2D eigenvalue weighted by atomic mass is 16.4. The molecule has 0 fully saturated rings. The molecule has 0 saturated carbocycles. The van der Waals surface area contributed by atoms with Crippen LogP contribution in [0.15, 0.2) is 5.16 Å². The van der Waals surface area contributed by atoms with E-state index in [0.717, 1.165) is 0 Å². The quantitative estimate of drug-likeness (QED) is 0.300. The molecule has 5 heteroatoms. The van der Waals surface area contributed by atoms with Crippen LogP contribution in [0, 0.1) is 11.8 Å². The fourth-order valence-electron chi connectivity index (χ4n) is 1.18. The van der Waals surface area contributed by atoms with E-state index in [-0.39, 0.29) is 11.7 Å². The van der Waals surface area contributed by atoms with Crippen LogP contribution < -0.4 is 5.73 Å². The first-order chi connectivity index (χ1) is 6.40. The van der Waals surface area contributed by atoms with Crippen LogP contribution in [-0.2, 0) is 4.79 Å². The maximum Gasteiger partial charge on any atom is 0.232 e. The minimum absolute atomic E-state index is 0.0504. The highest BCUT2D eigenvalue weighted by molar-refractivity contribution is 6.01. The van der Waals surface area contributed by atoms with Crippen molar-refractivity contribution in [2.45, 2.75) is 20.8 Å². The van der Waals surface area contributed by atoms with Crippen molar-refractivity contribution in [2.24, 2.45) is 22.7 Å². The average molecular weight is 201 g/mol. The van der Waals surface area contributed by atoms with E-state index < -0.39 is 5.92 Å². The Morgan fingerprint density at radius 1 is 1.50 bits per heavy atom. The second kappa shape index (κ2) is 5.47. The number of oxime groups is 1. The Kier molecular flexibility index (Phi) is 4.97. The molecule has 5 nitrogen and oxygen atoms in total. The zero-order chi connectivity index (χ0) is 11.3. The number of carbonyl (C=O) groups excluding carboxylic acids is 1. The molecule has 0 aliphatic carbocycles. The van der Waals surface area contributed by atoms with E-state index in [4.69, 9.17) is 10.9 Å². The molecular weight excluding hydrogens is 182 g/mol. The van der Waals surface area contributed by atoms with Gasteiger partial charge in [0.1, 0.15) is 0 Å². The van der Waals surface area contributed by atoms with E-state index in [1.807, 2.05) is 13.8 Å². The Morgan fingerprint density at radius 3 is 2.36 bits per heavy atom. The van der Waals surface area contributed by atoms with E-state index >= 15 is 0 Å². The number of carbonyl (C=O) groups is 1. The fourth-order valence-corrected chi connectivity index (χ4v) is 1.18. The lowest BCUT2D eigenvalue weighted by Crippen LogP contribution is -2.40. The van der Waals surface area contributed by atoms with Crippen LogP contribution in [0.25, 0.3) is 0 Å². The van der Waals surface area contributed by atoms with Crippen molar-refractivity contribution in [2.75, 3.05) is 13.6 Å². The van der Waals surface area contributed by atoms with E-state index in [1.165, 1.54) is 0 Å². The van der Waals surface area contributed by atoms with E-state index in [9.17, 15) is 4.79 Å². The smallest absolute Gasteiger partial charge is 0.232 e. The summed E-state index contributed by atoms with van der Waals surface area (Å²) in [6.07, 6.45) is 0. The second-order valence-electron chi connectivity index (χ2n) is 3.86. The first-order valence-corrected chi connectivity index (χ1v) is 4.62. The lowest BCUT2D eigenvalue weighted by Gasteiger charge is -2.22. The second-order valence-corrected chi connectivity index (χ2v) is 3.86. The molecule has 0 heterocycles. The number of amidine groups is 1. The Balaban J connectivity index is 4.32. The van der Waals surface area contributed by atoms with Crippen molar-refractivity contribution in [3.63, 3.8) is 0 Å². The SMILES string of the molecule is CC(C)CN(C)C(=O)C(C)C(N)=NO. The van der Waals surface area contributed by atoms with E-state index in [2.05, 4.69) is 5.16 Å². The zero-order valence-electron chi connectivity index (χ0n) is 9.19. The molecule has 0 rings (SSSR count). The van der Waals surface area contributed by atoms with Gasteiger partial charge in [0.2, 0.25) is 5.91 Å². The van der Waals surface area contributed by atoms with Crippen LogP contribution >= 0.6 is 0 Å². The van der Waals surface area contributed by atoms with Crippen molar-refractivity contribution in [3.05, 3.63) is 0 Å². The van der Waals surface area contributed by atoms with Gasteiger partial charge in [0.15, 0.2) is 5.84 Å². The normalized spacial score (nSPS) is 14.2. The molecule has 0 aliphatic heterocycles. The van der Waals surface area contributed by atoms with Crippen molar-refractivity contribution in [1.29, 1.82) is 0 Å². The molecule has 82 valence electrons. The molecule has 0 aromatic carbocycles. The summed E-state index contributed by atoms with van der Waals surface area (Å²) in [5.41, 5.74) is 5.34. The Bertz CT molecular complexity index is 226. The molecule has 0 aromatic rings. The van der Waals surface area contributed by atoms with Gasteiger partial charge in [-0.3, -0.25) is 4.79 Å². The molecule has 1 unspecified atom stereocenters. The standard InChI is InChI=1S/C9H19N3O2/c1-6(2)5-12(4)9(13)7(3)8(10)11-14/h6-7,14H,5H2,1-4H3,(H2,10,11). The van der Waals surface area contributed by atoms with E-state index in [1.54, 1.807) is 18.9 Å². The van der Waals surface area contributed by atoms with Crippen LogP contribution in [-0.4, -0.2) is 35.4 Å². The highest BCUT2D eigenvalue weighted by Gasteiger charge is 2.21. The molecular formula is C9H19N3O2. The van der Waals surface area contributed by atoms with Crippen LogP contribution in [0.5, 0.6) is 0 Å². The summed E-state index contributed by atoms with van der Waals surface area (Å²) in [4.78, 5) is 13.2. The first kappa shape index (κ1) is 12.7. The minimum Gasteiger partial charge on any atom is -0.409 e. The molecule has 0 radical (unpaired) electrons. The van der Waals surface area contributed by atoms with Gasteiger partial charge in [0.05, 0.1) is 5.92 Å². The zero-order valence-corrected chi connectivity index (χ0v) is 9.19. The third-order valence-corrected chi connectivity index (χ3v) is 1.94. The summed E-state index contributed by atoms with van der Waals surface area (Å²) >= 11 is 0. The molecule has 3 N–H and O–H groups in total. The number of amides is 1. The summed E-state index contributed by atoms with van der Waals surface area (Å²) in [6, 6.07) is 0. The maximum atomic E-state index is 11.6. The lowest BCUT2D eigenvalue weighted by atomic mass is 10.1. The van der Waals surface area contributed by atoms with Crippen molar-refractivity contribution in [1.82, 2.24) is 4.90 Å². The summed E-state index contributed by atoms with van der Waals surface area (Å²) in [5, 5.41) is 11.2. The third kappa shape index (κ3) is 3.64. The van der Waals surface area contributed by atoms with Gasteiger partial charge in [-0.2, -0.15) is 0 Å². The Labute approximate surface area is 84.6 Å². The lowest BCUT2D eigenvalue weighted by molar-refractivity contribution is -0.132. The molecule has 1 amide bonds. The molecule has 0 aliphatic rings. The maximum absolute atomic E-state index is 11.6. The van der Waals surface area contributed by atoms with Gasteiger partial charge in [-0.1, -0.05) is 19.0 Å². The Morgan fingerprint density at radius 2 is 2.00 bits per heavy atom. The van der Waals surface area contributed by atoms with Gasteiger partial charge in [-0.05, 0) is 12.8 Å². The fraction of sp³-hybridized carbons (Fsp3) is 0.778. The highest BCUT2D eigenvalue weighted by Crippen LogP contribution is 2.04. The average Bonchev–Trinajstić information content (AvgIpc) is 2.13. The Hall–Kier alpha value is -1.26. The third-order valence-electron chi connectivity index (χ3n) is 1.94. The predicted octanol–water partition coefficient (Wildman–Crippen LogP) is 0.483. The predicted molar refractivity (Wildman–Crippen MR) is 55.0 cm³/mol. The van der Waals surface area contributed by atoms with Gasteiger partial charge in [0, 0.05) is 13.6 Å². The molecule has 0 aromatic heterocycles. The van der Waals surface area contributed by atoms with Crippen molar-refractivity contribution < 1.29 is 10.0 Å². The van der Waals surface area contributed by atoms with Gasteiger partial charge < -0.3 is 15.8 Å². The summed E-state index contributed by atoms with van der Waals surface area (Å²) in [6.45, 7) is 6.34. The monoisotopic (exact) mass is 201 g/mol. The van der Waals surface area contributed by atoms with Gasteiger partial charge >= 0.3 is 0 Å². The molecule has 0 saturated heterocycles. The number of nitrogens with zero attached hydrogens (tertiary/aromatic N) is 2. The number of hydrogen-bond acceptors (Lipinski definition) is 3. The van der Waals surface area contributed by atoms with Gasteiger partial charge in [-0.25, -0.2) is 0 Å². The topological polar surface area (TPSA) is 78.9 Å². The summed E-state index contributed by atoms with van der Waals surface area (Å²) < 4.78 is 0. The van der Waals surface area contributed by atoms with Gasteiger partial charge in [0.25, 0.3) is 0 Å². The largest absolute Gasteiger partial charge is 0.409 e. The summed E-state index contributed by atoms with van der Waals surface area (Å²) in [7, 11) is 1.71. The van der Waals surface area contributed by atoms with Crippen LogP contribution in [0.4, 0.5) is 0 Å². The number of hydrogen-bond donors (Lipinski definition) is 2. The molecule has 1 atom stereocenters. The van der Waals surface area contributed by atoms with Crippen LogP contribution in [0.2, 0.25) is 0 Å². The number of rotatable bonds is 4. The minimum atomic E-state index is -0.566. The summed E-state index contributed by atoms with van der Waals surface area (Å²) in [5.74, 6) is -0.341. The number of nitrogens with two attached hydrogens (primary N) is 1. The first-order valence-electron chi connectivity index (χ1n) is 4.62. The molecule has 0 spiro atoms. The molecule has 0 bridgehead atoms. The molecule has 14 heavy (non-hydrogen) atoms. The van der Waals surface area contributed by atoms with Crippen molar-refractivity contribution in [3.8, 4) is 0 Å². The van der Waals surface area contributed by atoms with Crippen molar-refractivity contribution >= 4 is 11.7 Å².